The number of anilines is 2. The molecule has 0 spiro atoms. The molecule has 1 heterocycles. The van der Waals surface area contributed by atoms with Crippen LogP contribution in [0.15, 0.2) is 6.33 Å². The van der Waals surface area contributed by atoms with E-state index in [1.165, 1.54) is 6.33 Å². The molecular formula is C10H17N5O. The van der Waals surface area contributed by atoms with Crippen LogP contribution in [-0.4, -0.2) is 29.5 Å². The monoisotopic (exact) mass is 223 g/mol. The summed E-state index contributed by atoms with van der Waals surface area (Å²) in [6, 6.07) is 0. The fraction of sp³-hybridized carbons (Fsp3) is 0.500. The molecule has 16 heavy (non-hydrogen) atoms. The van der Waals surface area contributed by atoms with E-state index in [9.17, 15) is 4.79 Å². The maximum Gasteiger partial charge on any atom is 0.236 e. The Hall–Kier alpha value is -1.85. The lowest BCUT2D eigenvalue weighted by atomic mass is 10.0. The number of rotatable bonds is 5. The predicted molar refractivity (Wildman–Crippen MR) is 63.4 cm³/mol. The van der Waals surface area contributed by atoms with Crippen LogP contribution in [0.5, 0.6) is 0 Å². The molecule has 0 aromatic carbocycles. The van der Waals surface area contributed by atoms with Gasteiger partial charge in [-0.3, -0.25) is 4.79 Å². The summed E-state index contributed by atoms with van der Waals surface area (Å²) in [6.07, 6.45) is 1.45. The Morgan fingerprint density at radius 2 is 2.06 bits per heavy atom. The van der Waals surface area contributed by atoms with E-state index in [-0.39, 0.29) is 12.5 Å². The van der Waals surface area contributed by atoms with Gasteiger partial charge in [0.15, 0.2) is 0 Å². The van der Waals surface area contributed by atoms with Crippen molar-refractivity contribution in [3.63, 3.8) is 0 Å². The number of amides is 1. The van der Waals surface area contributed by atoms with Crippen LogP contribution in [0, 0.1) is 0 Å². The topological polar surface area (TPSA) is 92.9 Å². The van der Waals surface area contributed by atoms with E-state index in [4.69, 9.17) is 5.73 Å². The first kappa shape index (κ1) is 12.2. The van der Waals surface area contributed by atoms with Gasteiger partial charge in [0.05, 0.1) is 6.54 Å². The highest BCUT2D eigenvalue weighted by molar-refractivity contribution is 5.79. The van der Waals surface area contributed by atoms with Crippen molar-refractivity contribution >= 4 is 17.5 Å². The minimum atomic E-state index is -0.417. The van der Waals surface area contributed by atoms with Crippen LogP contribution in [0.1, 0.15) is 25.3 Å². The zero-order valence-electron chi connectivity index (χ0n) is 9.74. The highest BCUT2D eigenvalue weighted by Crippen LogP contribution is 2.27. The third-order valence-electron chi connectivity index (χ3n) is 2.13. The molecule has 88 valence electrons. The molecule has 0 aliphatic carbocycles. The minimum Gasteiger partial charge on any atom is -0.373 e. The molecule has 0 saturated carbocycles. The second kappa shape index (κ2) is 5.29. The molecule has 6 nitrogen and oxygen atoms in total. The van der Waals surface area contributed by atoms with Crippen LogP contribution in [-0.2, 0) is 4.79 Å². The summed E-state index contributed by atoms with van der Waals surface area (Å²) in [5, 5.41) is 5.90. The third-order valence-corrected chi connectivity index (χ3v) is 2.13. The Morgan fingerprint density at radius 1 is 1.44 bits per heavy atom. The summed E-state index contributed by atoms with van der Waals surface area (Å²) in [7, 11) is 1.80. The maximum atomic E-state index is 10.7. The van der Waals surface area contributed by atoms with Crippen molar-refractivity contribution in [1.29, 1.82) is 0 Å². The molecule has 1 amide bonds. The number of primary amides is 1. The summed E-state index contributed by atoms with van der Waals surface area (Å²) >= 11 is 0. The second-order valence-electron chi connectivity index (χ2n) is 3.71. The molecule has 0 radical (unpaired) electrons. The standard InChI is InChI=1S/C10H17N5O/c1-6(2)8-9(12-3)14-5-15-10(8)13-4-7(11)16/h5-6H,4H2,1-3H3,(H2,11,16)(H2,12,13,14,15). The van der Waals surface area contributed by atoms with Crippen molar-refractivity contribution in [1.82, 2.24) is 9.97 Å². The van der Waals surface area contributed by atoms with Crippen molar-refractivity contribution in [2.75, 3.05) is 24.2 Å². The van der Waals surface area contributed by atoms with Crippen LogP contribution >= 0.6 is 0 Å². The molecule has 0 fully saturated rings. The van der Waals surface area contributed by atoms with Gasteiger partial charge in [0.1, 0.15) is 18.0 Å². The molecule has 0 saturated heterocycles. The molecule has 0 aliphatic rings. The summed E-state index contributed by atoms with van der Waals surface area (Å²) in [4.78, 5) is 18.9. The Kier molecular flexibility index (Phi) is 4.04. The summed E-state index contributed by atoms with van der Waals surface area (Å²) in [6.45, 7) is 4.14. The average Bonchev–Trinajstić information content (AvgIpc) is 2.25. The van der Waals surface area contributed by atoms with E-state index < -0.39 is 5.91 Å². The van der Waals surface area contributed by atoms with Crippen molar-refractivity contribution in [3.8, 4) is 0 Å². The quantitative estimate of drug-likeness (QED) is 0.677. The van der Waals surface area contributed by atoms with Crippen LogP contribution in [0.4, 0.5) is 11.6 Å². The van der Waals surface area contributed by atoms with Gasteiger partial charge in [-0.15, -0.1) is 0 Å². The summed E-state index contributed by atoms with van der Waals surface area (Å²) in [5.74, 6) is 1.24. The zero-order valence-corrected chi connectivity index (χ0v) is 9.74. The first-order valence-electron chi connectivity index (χ1n) is 5.11. The van der Waals surface area contributed by atoms with E-state index in [1.54, 1.807) is 7.05 Å². The van der Waals surface area contributed by atoms with E-state index in [1.807, 2.05) is 13.8 Å². The predicted octanol–water partition coefficient (Wildman–Crippen LogP) is 0.539. The van der Waals surface area contributed by atoms with Crippen molar-refractivity contribution in [3.05, 3.63) is 11.9 Å². The van der Waals surface area contributed by atoms with Crippen molar-refractivity contribution in [2.45, 2.75) is 19.8 Å². The van der Waals surface area contributed by atoms with E-state index in [0.29, 0.717) is 5.82 Å². The Balaban J connectivity index is 3.02. The van der Waals surface area contributed by atoms with Gasteiger partial charge >= 0.3 is 0 Å². The number of carbonyl (C=O) groups excluding carboxylic acids is 1. The Labute approximate surface area is 94.7 Å². The lowest BCUT2D eigenvalue weighted by Gasteiger charge is -2.15. The molecule has 1 aromatic rings. The molecule has 1 rings (SSSR count). The molecular weight excluding hydrogens is 206 g/mol. The van der Waals surface area contributed by atoms with Gasteiger partial charge in [0.2, 0.25) is 5.91 Å². The van der Waals surface area contributed by atoms with E-state index in [2.05, 4.69) is 20.6 Å². The third kappa shape index (κ3) is 2.82. The molecule has 0 atom stereocenters. The number of nitrogens with two attached hydrogens (primary N) is 1. The zero-order chi connectivity index (χ0) is 12.1. The van der Waals surface area contributed by atoms with Gasteiger partial charge in [-0.2, -0.15) is 0 Å². The Bertz CT molecular complexity index is 377. The van der Waals surface area contributed by atoms with Gasteiger partial charge in [-0.25, -0.2) is 9.97 Å². The first-order valence-corrected chi connectivity index (χ1v) is 5.11. The van der Waals surface area contributed by atoms with Gasteiger partial charge in [0.25, 0.3) is 0 Å². The minimum absolute atomic E-state index is 0.0693. The number of hydrogen-bond donors (Lipinski definition) is 3. The molecule has 6 heteroatoms. The smallest absolute Gasteiger partial charge is 0.236 e. The Morgan fingerprint density at radius 3 is 2.56 bits per heavy atom. The fourth-order valence-corrected chi connectivity index (χ4v) is 1.45. The van der Waals surface area contributed by atoms with E-state index in [0.717, 1.165) is 11.4 Å². The van der Waals surface area contributed by atoms with Crippen LogP contribution in [0.3, 0.4) is 0 Å². The van der Waals surface area contributed by atoms with Crippen LogP contribution < -0.4 is 16.4 Å². The maximum absolute atomic E-state index is 10.7. The van der Waals surface area contributed by atoms with Gasteiger partial charge < -0.3 is 16.4 Å². The number of nitrogens with zero attached hydrogens (tertiary/aromatic N) is 2. The number of carbonyl (C=O) groups is 1. The highest BCUT2D eigenvalue weighted by Gasteiger charge is 2.13. The lowest BCUT2D eigenvalue weighted by Crippen LogP contribution is -2.23. The number of aromatic nitrogens is 2. The van der Waals surface area contributed by atoms with Crippen molar-refractivity contribution in [2.24, 2.45) is 5.73 Å². The average molecular weight is 223 g/mol. The van der Waals surface area contributed by atoms with Crippen LogP contribution in [0.25, 0.3) is 0 Å². The molecule has 1 aromatic heterocycles. The van der Waals surface area contributed by atoms with Gasteiger partial charge in [-0.05, 0) is 5.92 Å². The van der Waals surface area contributed by atoms with Gasteiger partial charge in [0, 0.05) is 12.6 Å². The molecule has 0 aliphatic heterocycles. The van der Waals surface area contributed by atoms with Gasteiger partial charge in [-0.1, -0.05) is 13.8 Å². The summed E-state index contributed by atoms with van der Waals surface area (Å²) in [5.41, 5.74) is 6.03. The second-order valence-corrected chi connectivity index (χ2v) is 3.71. The molecule has 4 N–H and O–H groups in total. The van der Waals surface area contributed by atoms with E-state index >= 15 is 0 Å². The normalized spacial score (nSPS) is 10.2. The SMILES string of the molecule is CNc1ncnc(NCC(N)=O)c1C(C)C. The molecule has 0 unspecified atom stereocenters. The lowest BCUT2D eigenvalue weighted by molar-refractivity contribution is -0.116. The highest BCUT2D eigenvalue weighted by atomic mass is 16.1. The largest absolute Gasteiger partial charge is 0.373 e. The van der Waals surface area contributed by atoms with Crippen LogP contribution in [0.2, 0.25) is 0 Å². The van der Waals surface area contributed by atoms with Crippen molar-refractivity contribution < 1.29 is 4.79 Å². The molecule has 0 bridgehead atoms. The number of hydrogen-bond acceptors (Lipinski definition) is 5. The fourth-order valence-electron chi connectivity index (χ4n) is 1.45. The first-order chi connectivity index (χ1) is 7.56. The number of nitrogens with one attached hydrogen (secondary N) is 2. The summed E-state index contributed by atoms with van der Waals surface area (Å²) < 4.78 is 0.